The third-order valence-corrected chi connectivity index (χ3v) is 5.98. The van der Waals surface area contributed by atoms with Gasteiger partial charge in [0.15, 0.2) is 11.6 Å². The Hall–Kier alpha value is -0.920. The van der Waals surface area contributed by atoms with Gasteiger partial charge in [-0.2, -0.15) is 0 Å². The lowest BCUT2D eigenvalue weighted by molar-refractivity contribution is 0.200. The van der Waals surface area contributed by atoms with Crippen molar-refractivity contribution in [1.29, 1.82) is 0 Å². The van der Waals surface area contributed by atoms with Crippen molar-refractivity contribution in [3.8, 4) is 0 Å². The van der Waals surface area contributed by atoms with Crippen LogP contribution in [0.1, 0.15) is 69.4 Å². The van der Waals surface area contributed by atoms with Gasteiger partial charge in [-0.05, 0) is 66.7 Å². The Kier molecular flexibility index (Phi) is 5.15. The molecule has 1 saturated carbocycles. The molecule has 2 aliphatic rings. The fourth-order valence-electron chi connectivity index (χ4n) is 4.61. The van der Waals surface area contributed by atoms with Crippen molar-refractivity contribution < 1.29 is 8.78 Å². The van der Waals surface area contributed by atoms with Crippen molar-refractivity contribution in [1.82, 2.24) is 0 Å². The van der Waals surface area contributed by atoms with E-state index in [2.05, 4.69) is 6.92 Å². The number of hydrogen-bond donors (Lipinski definition) is 0. The Morgan fingerprint density at radius 3 is 2.00 bits per heavy atom. The quantitative estimate of drug-likeness (QED) is 0.579. The molecule has 1 aromatic carbocycles. The molecule has 1 fully saturated rings. The van der Waals surface area contributed by atoms with Gasteiger partial charge in [-0.15, -0.1) is 0 Å². The SMILES string of the molecule is CCCCC[C@H]1CC[C@H](C2Cc3cc(F)c(F)cc3C2)CC1. The van der Waals surface area contributed by atoms with Crippen LogP contribution in [-0.4, -0.2) is 0 Å². The summed E-state index contributed by atoms with van der Waals surface area (Å²) < 4.78 is 26.7. The second-order valence-electron chi connectivity index (χ2n) is 7.48. The summed E-state index contributed by atoms with van der Waals surface area (Å²) in [6, 6.07) is 2.86. The second-order valence-corrected chi connectivity index (χ2v) is 7.48. The van der Waals surface area contributed by atoms with E-state index in [4.69, 9.17) is 0 Å². The third kappa shape index (κ3) is 3.52. The molecule has 0 N–H and O–H groups in total. The van der Waals surface area contributed by atoms with Gasteiger partial charge in [-0.1, -0.05) is 45.4 Å². The van der Waals surface area contributed by atoms with Gasteiger partial charge in [0.25, 0.3) is 0 Å². The van der Waals surface area contributed by atoms with Gasteiger partial charge in [0.05, 0.1) is 0 Å². The highest BCUT2D eigenvalue weighted by atomic mass is 19.2. The molecule has 0 aliphatic heterocycles. The fourth-order valence-corrected chi connectivity index (χ4v) is 4.61. The lowest BCUT2D eigenvalue weighted by atomic mass is 9.73. The summed E-state index contributed by atoms with van der Waals surface area (Å²) in [7, 11) is 0. The average molecular weight is 306 g/mol. The van der Waals surface area contributed by atoms with Gasteiger partial charge < -0.3 is 0 Å². The molecule has 3 rings (SSSR count). The Morgan fingerprint density at radius 1 is 0.864 bits per heavy atom. The smallest absolute Gasteiger partial charge is 0.159 e. The van der Waals surface area contributed by atoms with Gasteiger partial charge in [0.1, 0.15) is 0 Å². The standard InChI is InChI=1S/C20H28F2/c1-2-3-4-5-14-6-8-15(9-7-14)16-10-17-12-19(21)20(22)13-18(17)11-16/h12-16H,2-11H2,1H3/t14-,15-. The summed E-state index contributed by atoms with van der Waals surface area (Å²) in [5.41, 5.74) is 2.10. The molecular formula is C20H28F2. The van der Waals surface area contributed by atoms with Gasteiger partial charge in [-0.25, -0.2) is 8.78 Å². The lowest BCUT2D eigenvalue weighted by Gasteiger charge is -2.32. The van der Waals surface area contributed by atoms with Gasteiger partial charge in [0.2, 0.25) is 0 Å². The van der Waals surface area contributed by atoms with Crippen LogP contribution >= 0.6 is 0 Å². The zero-order valence-corrected chi connectivity index (χ0v) is 13.7. The molecule has 0 heterocycles. The summed E-state index contributed by atoms with van der Waals surface area (Å²) in [5, 5.41) is 0. The molecule has 22 heavy (non-hydrogen) atoms. The van der Waals surface area contributed by atoms with Crippen molar-refractivity contribution in [2.24, 2.45) is 17.8 Å². The Balaban J connectivity index is 1.51. The van der Waals surface area contributed by atoms with Crippen LogP contribution in [0.3, 0.4) is 0 Å². The predicted molar refractivity (Wildman–Crippen MR) is 86.8 cm³/mol. The van der Waals surface area contributed by atoms with E-state index in [9.17, 15) is 8.78 Å². The molecule has 0 spiro atoms. The van der Waals surface area contributed by atoms with Gasteiger partial charge in [0, 0.05) is 0 Å². The molecule has 0 aromatic heterocycles. The van der Waals surface area contributed by atoms with E-state index < -0.39 is 11.6 Å². The normalized spacial score (nSPS) is 25.4. The molecule has 2 aliphatic carbocycles. The maximum atomic E-state index is 13.4. The first kappa shape index (κ1) is 16.0. The van der Waals surface area contributed by atoms with Crippen LogP contribution in [0, 0.1) is 29.4 Å². The monoisotopic (exact) mass is 306 g/mol. The summed E-state index contributed by atoms with van der Waals surface area (Å²) in [6.45, 7) is 2.26. The number of fused-ring (bicyclic) bond motifs is 1. The van der Waals surface area contributed by atoms with Crippen LogP contribution in [0.25, 0.3) is 0 Å². The highest BCUT2D eigenvalue weighted by Gasteiger charge is 2.32. The van der Waals surface area contributed by atoms with Crippen LogP contribution in [-0.2, 0) is 12.8 Å². The highest BCUT2D eigenvalue weighted by Crippen LogP contribution is 2.41. The summed E-state index contributed by atoms with van der Waals surface area (Å²) in [5.74, 6) is 0.952. The maximum Gasteiger partial charge on any atom is 0.159 e. The molecule has 2 heteroatoms. The lowest BCUT2D eigenvalue weighted by Crippen LogP contribution is -2.22. The zero-order valence-electron chi connectivity index (χ0n) is 13.7. The zero-order chi connectivity index (χ0) is 15.5. The van der Waals surface area contributed by atoms with Crippen LogP contribution in [0.2, 0.25) is 0 Å². The van der Waals surface area contributed by atoms with Crippen LogP contribution < -0.4 is 0 Å². The molecule has 0 amide bonds. The maximum absolute atomic E-state index is 13.4. The van der Waals surface area contributed by atoms with E-state index >= 15 is 0 Å². The largest absolute Gasteiger partial charge is 0.204 e. The molecular weight excluding hydrogens is 278 g/mol. The second kappa shape index (κ2) is 7.10. The van der Waals surface area contributed by atoms with Crippen LogP contribution in [0.5, 0.6) is 0 Å². The minimum atomic E-state index is -0.681. The molecule has 122 valence electrons. The van der Waals surface area contributed by atoms with E-state index in [1.54, 1.807) is 0 Å². The summed E-state index contributed by atoms with van der Waals surface area (Å²) >= 11 is 0. The first-order valence-electron chi connectivity index (χ1n) is 9.14. The predicted octanol–water partition coefficient (Wildman–Crippen LogP) is 6.07. The number of unbranched alkanes of at least 4 members (excludes halogenated alkanes) is 2. The topological polar surface area (TPSA) is 0 Å². The first-order chi connectivity index (χ1) is 10.7. The van der Waals surface area contributed by atoms with Crippen molar-refractivity contribution in [2.45, 2.75) is 71.1 Å². The molecule has 0 nitrogen and oxygen atoms in total. The summed E-state index contributed by atoms with van der Waals surface area (Å²) in [6.07, 6.45) is 12.8. The molecule has 0 radical (unpaired) electrons. The molecule has 0 atom stereocenters. The molecule has 0 unspecified atom stereocenters. The summed E-state index contributed by atoms with van der Waals surface area (Å²) in [4.78, 5) is 0. The molecule has 0 saturated heterocycles. The van der Waals surface area contributed by atoms with E-state index in [-0.39, 0.29) is 0 Å². The van der Waals surface area contributed by atoms with E-state index in [1.165, 1.54) is 63.5 Å². The van der Waals surface area contributed by atoms with Gasteiger partial charge in [-0.3, -0.25) is 0 Å². The van der Waals surface area contributed by atoms with Gasteiger partial charge >= 0.3 is 0 Å². The first-order valence-corrected chi connectivity index (χ1v) is 9.14. The highest BCUT2D eigenvalue weighted by molar-refractivity contribution is 5.33. The minimum Gasteiger partial charge on any atom is -0.204 e. The molecule has 0 bridgehead atoms. The number of benzene rings is 1. The van der Waals surface area contributed by atoms with E-state index in [1.807, 2.05) is 0 Å². The minimum absolute atomic E-state index is 0.618. The average Bonchev–Trinajstić information content (AvgIpc) is 2.91. The fraction of sp³-hybridized carbons (Fsp3) is 0.700. The van der Waals surface area contributed by atoms with Crippen molar-refractivity contribution in [2.75, 3.05) is 0 Å². The Morgan fingerprint density at radius 2 is 1.45 bits per heavy atom. The van der Waals surface area contributed by atoms with Crippen LogP contribution in [0.4, 0.5) is 8.78 Å². The Labute approximate surface area is 133 Å². The van der Waals surface area contributed by atoms with E-state index in [0.717, 1.165) is 35.8 Å². The van der Waals surface area contributed by atoms with Crippen LogP contribution in [0.15, 0.2) is 12.1 Å². The number of halogens is 2. The van der Waals surface area contributed by atoms with Crippen molar-refractivity contribution in [3.63, 3.8) is 0 Å². The Bertz CT molecular complexity index is 470. The van der Waals surface area contributed by atoms with Crippen molar-refractivity contribution >= 4 is 0 Å². The molecule has 1 aromatic rings. The number of rotatable bonds is 5. The van der Waals surface area contributed by atoms with Crippen molar-refractivity contribution in [3.05, 3.63) is 34.9 Å². The third-order valence-electron chi connectivity index (χ3n) is 5.98. The number of hydrogen-bond acceptors (Lipinski definition) is 0. The van der Waals surface area contributed by atoms with E-state index in [0.29, 0.717) is 5.92 Å².